The standard InChI is InChI=1S/C16H20N6O3/c1-11-7-18-22(10-11)12-3-5-21(6-4-12)16(24)15(23)20-13-8-17-9-14(19-13)25-2/h7-10,12H,3-6H2,1-2H3,(H,19,20,23). The second-order valence-electron chi connectivity index (χ2n) is 5.92. The maximum Gasteiger partial charge on any atom is 0.315 e. The summed E-state index contributed by atoms with van der Waals surface area (Å²) in [5.74, 6) is -0.851. The highest BCUT2D eigenvalue weighted by Crippen LogP contribution is 2.22. The van der Waals surface area contributed by atoms with Gasteiger partial charge in [-0.2, -0.15) is 10.1 Å². The number of hydrogen-bond acceptors (Lipinski definition) is 6. The van der Waals surface area contributed by atoms with Crippen LogP contribution in [0.25, 0.3) is 0 Å². The lowest BCUT2D eigenvalue weighted by Gasteiger charge is -2.31. The third-order valence-electron chi connectivity index (χ3n) is 4.11. The molecule has 0 bridgehead atoms. The number of likely N-dealkylation sites (tertiary alicyclic amines) is 1. The van der Waals surface area contributed by atoms with Gasteiger partial charge in [-0.15, -0.1) is 0 Å². The number of hydrogen-bond donors (Lipinski definition) is 1. The van der Waals surface area contributed by atoms with Crippen molar-refractivity contribution in [3.05, 3.63) is 30.4 Å². The van der Waals surface area contributed by atoms with Crippen molar-refractivity contribution in [3.8, 4) is 5.88 Å². The zero-order valence-electron chi connectivity index (χ0n) is 14.2. The van der Waals surface area contributed by atoms with Gasteiger partial charge < -0.3 is 15.0 Å². The molecule has 2 aromatic heterocycles. The molecular formula is C16H20N6O3. The van der Waals surface area contributed by atoms with Crippen molar-refractivity contribution in [2.75, 3.05) is 25.5 Å². The predicted octanol–water partition coefficient (Wildman–Crippen LogP) is 0.792. The lowest BCUT2D eigenvalue weighted by atomic mass is 10.1. The number of carbonyl (C=O) groups excluding carboxylic acids is 2. The molecule has 0 saturated carbocycles. The van der Waals surface area contributed by atoms with E-state index in [1.165, 1.54) is 19.5 Å². The number of methoxy groups -OCH3 is 1. The largest absolute Gasteiger partial charge is 0.480 e. The Hall–Kier alpha value is -2.97. The van der Waals surface area contributed by atoms with Gasteiger partial charge in [0.05, 0.1) is 31.7 Å². The van der Waals surface area contributed by atoms with E-state index < -0.39 is 11.8 Å². The van der Waals surface area contributed by atoms with Crippen LogP contribution in [0.15, 0.2) is 24.8 Å². The van der Waals surface area contributed by atoms with Crippen LogP contribution in [0.2, 0.25) is 0 Å². The second-order valence-corrected chi connectivity index (χ2v) is 5.92. The Morgan fingerprint density at radius 2 is 2.00 bits per heavy atom. The smallest absolute Gasteiger partial charge is 0.315 e. The van der Waals surface area contributed by atoms with E-state index in [2.05, 4.69) is 20.4 Å². The Kier molecular flexibility index (Phi) is 4.92. The van der Waals surface area contributed by atoms with Crippen molar-refractivity contribution in [2.24, 2.45) is 0 Å². The first kappa shape index (κ1) is 16.9. The average molecular weight is 344 g/mol. The van der Waals surface area contributed by atoms with E-state index in [1.54, 1.807) is 4.90 Å². The van der Waals surface area contributed by atoms with Crippen LogP contribution < -0.4 is 10.1 Å². The summed E-state index contributed by atoms with van der Waals surface area (Å²) >= 11 is 0. The summed E-state index contributed by atoms with van der Waals surface area (Å²) < 4.78 is 6.87. The Labute approximate surface area is 145 Å². The molecular weight excluding hydrogens is 324 g/mol. The van der Waals surface area contributed by atoms with Crippen molar-refractivity contribution < 1.29 is 14.3 Å². The van der Waals surface area contributed by atoms with Gasteiger partial charge in [-0.25, -0.2) is 0 Å². The third-order valence-corrected chi connectivity index (χ3v) is 4.11. The lowest BCUT2D eigenvalue weighted by Crippen LogP contribution is -2.44. The average Bonchev–Trinajstić information content (AvgIpc) is 3.07. The maximum atomic E-state index is 12.3. The Balaban J connectivity index is 1.55. The minimum Gasteiger partial charge on any atom is -0.480 e. The predicted molar refractivity (Wildman–Crippen MR) is 89.0 cm³/mol. The van der Waals surface area contributed by atoms with Crippen LogP contribution in [0.4, 0.5) is 5.82 Å². The highest BCUT2D eigenvalue weighted by Gasteiger charge is 2.28. The van der Waals surface area contributed by atoms with Crippen LogP contribution >= 0.6 is 0 Å². The summed E-state index contributed by atoms with van der Waals surface area (Å²) in [6.45, 7) is 3.02. The molecule has 1 aliphatic heterocycles. The van der Waals surface area contributed by atoms with E-state index in [4.69, 9.17) is 4.74 Å². The van der Waals surface area contributed by atoms with Gasteiger partial charge in [-0.05, 0) is 25.3 Å². The van der Waals surface area contributed by atoms with Gasteiger partial charge >= 0.3 is 11.8 Å². The fourth-order valence-electron chi connectivity index (χ4n) is 2.79. The fourth-order valence-corrected chi connectivity index (χ4v) is 2.79. The van der Waals surface area contributed by atoms with E-state index in [0.29, 0.717) is 13.1 Å². The van der Waals surface area contributed by atoms with Crippen LogP contribution in [0.5, 0.6) is 5.88 Å². The Morgan fingerprint density at radius 3 is 2.64 bits per heavy atom. The molecule has 3 rings (SSSR count). The van der Waals surface area contributed by atoms with Gasteiger partial charge in [0, 0.05) is 19.3 Å². The van der Waals surface area contributed by atoms with Crippen molar-refractivity contribution in [1.29, 1.82) is 0 Å². The number of piperidine rings is 1. The molecule has 1 aliphatic rings. The SMILES string of the molecule is COc1cncc(NC(=O)C(=O)N2CCC(n3cc(C)cn3)CC2)n1. The Bertz CT molecular complexity index is 767. The number of aryl methyl sites for hydroxylation is 1. The van der Waals surface area contributed by atoms with Crippen LogP contribution in [0.3, 0.4) is 0 Å². The molecule has 2 aromatic rings. The molecule has 1 N–H and O–H groups in total. The van der Waals surface area contributed by atoms with E-state index in [-0.39, 0.29) is 17.7 Å². The number of rotatable bonds is 3. The van der Waals surface area contributed by atoms with Gasteiger partial charge in [0.25, 0.3) is 0 Å². The van der Waals surface area contributed by atoms with E-state index in [9.17, 15) is 9.59 Å². The number of anilines is 1. The zero-order valence-corrected chi connectivity index (χ0v) is 14.2. The molecule has 25 heavy (non-hydrogen) atoms. The third kappa shape index (κ3) is 3.93. The monoisotopic (exact) mass is 344 g/mol. The van der Waals surface area contributed by atoms with E-state index >= 15 is 0 Å². The van der Waals surface area contributed by atoms with Gasteiger partial charge in [0.15, 0.2) is 5.82 Å². The first-order chi connectivity index (χ1) is 12.1. The van der Waals surface area contributed by atoms with E-state index in [1.807, 2.05) is 24.0 Å². The second kappa shape index (κ2) is 7.29. The number of nitrogens with zero attached hydrogens (tertiary/aromatic N) is 5. The van der Waals surface area contributed by atoms with Crippen molar-refractivity contribution in [2.45, 2.75) is 25.8 Å². The molecule has 0 aromatic carbocycles. The molecule has 132 valence electrons. The van der Waals surface area contributed by atoms with Gasteiger partial charge in [-0.1, -0.05) is 0 Å². The molecule has 3 heterocycles. The molecule has 1 fully saturated rings. The minimum atomic E-state index is -0.726. The summed E-state index contributed by atoms with van der Waals surface area (Å²) in [6.07, 6.45) is 8.12. The summed E-state index contributed by atoms with van der Waals surface area (Å²) in [6, 6.07) is 0.255. The normalized spacial score (nSPS) is 15.0. The van der Waals surface area contributed by atoms with Crippen molar-refractivity contribution in [1.82, 2.24) is 24.6 Å². The lowest BCUT2D eigenvalue weighted by molar-refractivity contribution is -0.144. The number of ether oxygens (including phenoxy) is 1. The molecule has 0 radical (unpaired) electrons. The van der Waals surface area contributed by atoms with E-state index in [0.717, 1.165) is 18.4 Å². The molecule has 1 saturated heterocycles. The Morgan fingerprint density at radius 1 is 1.24 bits per heavy atom. The molecule has 0 unspecified atom stereocenters. The van der Waals surface area contributed by atoms with Gasteiger partial charge in [-0.3, -0.25) is 19.3 Å². The van der Waals surface area contributed by atoms with Gasteiger partial charge in [0.2, 0.25) is 5.88 Å². The first-order valence-corrected chi connectivity index (χ1v) is 8.04. The fraction of sp³-hybridized carbons (Fsp3) is 0.438. The highest BCUT2D eigenvalue weighted by molar-refractivity contribution is 6.39. The van der Waals surface area contributed by atoms with Crippen LogP contribution in [0, 0.1) is 6.92 Å². The first-order valence-electron chi connectivity index (χ1n) is 8.04. The number of carbonyl (C=O) groups is 2. The maximum absolute atomic E-state index is 12.3. The van der Waals surface area contributed by atoms with Crippen molar-refractivity contribution >= 4 is 17.6 Å². The molecule has 9 nitrogen and oxygen atoms in total. The molecule has 0 spiro atoms. The topological polar surface area (TPSA) is 102 Å². The molecule has 0 atom stereocenters. The number of aromatic nitrogens is 4. The van der Waals surface area contributed by atoms with Gasteiger partial charge in [0.1, 0.15) is 0 Å². The summed E-state index contributed by atoms with van der Waals surface area (Å²) in [4.78, 5) is 33.9. The quantitative estimate of drug-likeness (QED) is 0.826. The summed E-state index contributed by atoms with van der Waals surface area (Å²) in [5.41, 5.74) is 1.11. The molecule has 9 heteroatoms. The van der Waals surface area contributed by atoms with Crippen LogP contribution in [-0.4, -0.2) is 56.7 Å². The van der Waals surface area contributed by atoms with Crippen LogP contribution in [0.1, 0.15) is 24.4 Å². The minimum absolute atomic E-state index is 0.180. The van der Waals surface area contributed by atoms with Crippen molar-refractivity contribution in [3.63, 3.8) is 0 Å². The molecule has 2 amide bonds. The molecule has 0 aliphatic carbocycles. The van der Waals surface area contributed by atoms with Crippen LogP contribution in [-0.2, 0) is 9.59 Å². The number of nitrogens with one attached hydrogen (secondary N) is 1. The zero-order chi connectivity index (χ0) is 17.8. The number of amides is 2. The highest BCUT2D eigenvalue weighted by atomic mass is 16.5. The summed E-state index contributed by atoms with van der Waals surface area (Å²) in [5, 5.41) is 6.78. The summed E-state index contributed by atoms with van der Waals surface area (Å²) in [7, 11) is 1.45.